The summed E-state index contributed by atoms with van der Waals surface area (Å²) in [5, 5.41) is 11.8. The Hall–Kier alpha value is -1.10. The van der Waals surface area contributed by atoms with E-state index in [-0.39, 0.29) is 12.5 Å². The molecule has 2 unspecified atom stereocenters. The Kier molecular flexibility index (Phi) is 2.22. The second kappa shape index (κ2) is 3.20. The van der Waals surface area contributed by atoms with E-state index in [9.17, 15) is 9.59 Å². The molecule has 0 aromatic heterocycles. The fourth-order valence-electron chi connectivity index (χ4n) is 2.53. The molecule has 1 saturated heterocycles. The number of carboxylic acids is 1. The van der Waals surface area contributed by atoms with Crippen LogP contribution >= 0.6 is 0 Å². The standard InChI is InChI=1S/C10H15NO4/c1-7(12)11-5-10-3-2-9(4-10,6-15-10)8(13)14/h2-6H2,1H3,(H,11,12)(H,13,14). The van der Waals surface area contributed by atoms with Gasteiger partial charge in [-0.2, -0.15) is 0 Å². The molecule has 0 aromatic rings. The lowest BCUT2D eigenvalue weighted by Gasteiger charge is -2.27. The molecule has 2 N–H and O–H groups in total. The number of carbonyl (C=O) groups excluding carboxylic acids is 1. The second-order valence-corrected chi connectivity index (χ2v) is 4.64. The second-order valence-electron chi connectivity index (χ2n) is 4.64. The van der Waals surface area contributed by atoms with Crippen molar-refractivity contribution in [2.75, 3.05) is 13.2 Å². The zero-order chi connectivity index (χ0) is 11.1. The molecule has 1 amide bonds. The minimum Gasteiger partial charge on any atom is -0.481 e. The summed E-state index contributed by atoms with van der Waals surface area (Å²) in [4.78, 5) is 21.9. The van der Waals surface area contributed by atoms with Crippen LogP contribution in [0.5, 0.6) is 0 Å². The summed E-state index contributed by atoms with van der Waals surface area (Å²) >= 11 is 0. The van der Waals surface area contributed by atoms with Gasteiger partial charge in [-0.05, 0) is 19.3 Å². The fraction of sp³-hybridized carbons (Fsp3) is 0.800. The van der Waals surface area contributed by atoms with Gasteiger partial charge in [0.2, 0.25) is 5.91 Å². The van der Waals surface area contributed by atoms with Crippen molar-refractivity contribution in [3.05, 3.63) is 0 Å². The number of carboxylic acid groups (broad SMARTS) is 1. The van der Waals surface area contributed by atoms with E-state index in [0.717, 1.165) is 6.42 Å². The summed E-state index contributed by atoms with van der Waals surface area (Å²) in [7, 11) is 0. The third-order valence-electron chi connectivity index (χ3n) is 3.49. The molecule has 0 aromatic carbocycles. The number of hydrogen-bond donors (Lipinski definition) is 2. The number of amides is 1. The normalized spacial score (nSPS) is 37.9. The summed E-state index contributed by atoms with van der Waals surface area (Å²) in [5.41, 5.74) is -1.12. The molecule has 2 fully saturated rings. The van der Waals surface area contributed by atoms with Crippen LogP contribution in [-0.2, 0) is 14.3 Å². The largest absolute Gasteiger partial charge is 0.481 e. The number of rotatable bonds is 3. The first kappa shape index (κ1) is 10.4. The molecule has 0 spiro atoms. The third kappa shape index (κ3) is 1.61. The minimum atomic E-state index is -0.773. The van der Waals surface area contributed by atoms with Crippen molar-refractivity contribution >= 4 is 11.9 Å². The molecule has 2 rings (SSSR count). The van der Waals surface area contributed by atoms with Gasteiger partial charge in [0.05, 0.1) is 17.6 Å². The van der Waals surface area contributed by atoms with Gasteiger partial charge in [-0.15, -0.1) is 0 Å². The van der Waals surface area contributed by atoms with Crippen molar-refractivity contribution in [1.82, 2.24) is 5.32 Å². The molecule has 1 aliphatic heterocycles. The Morgan fingerprint density at radius 2 is 2.20 bits per heavy atom. The maximum absolute atomic E-state index is 11.1. The smallest absolute Gasteiger partial charge is 0.312 e. The molecule has 1 saturated carbocycles. The van der Waals surface area contributed by atoms with Gasteiger partial charge < -0.3 is 15.2 Å². The monoisotopic (exact) mass is 213 g/mol. The van der Waals surface area contributed by atoms with Crippen molar-refractivity contribution in [1.29, 1.82) is 0 Å². The quantitative estimate of drug-likeness (QED) is 0.699. The van der Waals surface area contributed by atoms with Crippen LogP contribution < -0.4 is 5.32 Å². The number of hydrogen-bond acceptors (Lipinski definition) is 3. The van der Waals surface area contributed by atoms with Crippen molar-refractivity contribution in [3.63, 3.8) is 0 Å². The van der Waals surface area contributed by atoms with Gasteiger partial charge in [0, 0.05) is 13.5 Å². The average Bonchev–Trinajstić information content (AvgIpc) is 2.72. The van der Waals surface area contributed by atoms with Crippen molar-refractivity contribution in [3.8, 4) is 0 Å². The lowest BCUT2D eigenvalue weighted by molar-refractivity contribution is -0.150. The lowest BCUT2D eigenvalue weighted by atomic mass is 9.88. The molecule has 1 heterocycles. The lowest BCUT2D eigenvalue weighted by Crippen LogP contribution is -2.40. The molecule has 1 aliphatic carbocycles. The summed E-state index contributed by atoms with van der Waals surface area (Å²) in [6.45, 7) is 2.16. The number of carbonyl (C=O) groups is 2. The highest BCUT2D eigenvalue weighted by Gasteiger charge is 2.59. The topological polar surface area (TPSA) is 75.6 Å². The highest BCUT2D eigenvalue weighted by Crippen LogP contribution is 2.52. The first-order valence-electron chi connectivity index (χ1n) is 5.10. The Balaban J connectivity index is 2.04. The predicted molar refractivity (Wildman–Crippen MR) is 51.3 cm³/mol. The van der Waals surface area contributed by atoms with E-state index in [1.54, 1.807) is 0 Å². The zero-order valence-electron chi connectivity index (χ0n) is 8.71. The van der Waals surface area contributed by atoms with Crippen molar-refractivity contribution < 1.29 is 19.4 Å². The van der Waals surface area contributed by atoms with E-state index in [1.165, 1.54) is 6.92 Å². The highest BCUT2D eigenvalue weighted by atomic mass is 16.5. The van der Waals surface area contributed by atoms with Crippen molar-refractivity contribution in [2.24, 2.45) is 5.41 Å². The van der Waals surface area contributed by atoms with E-state index < -0.39 is 17.0 Å². The Morgan fingerprint density at radius 3 is 2.60 bits per heavy atom. The number of nitrogens with one attached hydrogen (secondary N) is 1. The summed E-state index contributed by atoms with van der Waals surface area (Å²) in [6.07, 6.45) is 1.90. The van der Waals surface area contributed by atoms with Crippen LogP contribution in [0.1, 0.15) is 26.2 Å². The molecule has 15 heavy (non-hydrogen) atoms. The molecule has 5 heteroatoms. The summed E-state index contributed by atoms with van der Waals surface area (Å²) < 4.78 is 5.56. The Bertz CT molecular complexity index is 305. The van der Waals surface area contributed by atoms with E-state index >= 15 is 0 Å². The van der Waals surface area contributed by atoms with Gasteiger partial charge in [-0.3, -0.25) is 9.59 Å². The van der Waals surface area contributed by atoms with Crippen LogP contribution in [0.4, 0.5) is 0 Å². The Morgan fingerprint density at radius 1 is 1.47 bits per heavy atom. The highest BCUT2D eigenvalue weighted by molar-refractivity contribution is 5.76. The van der Waals surface area contributed by atoms with Gasteiger partial charge in [-0.25, -0.2) is 0 Å². The Labute approximate surface area is 87.8 Å². The maximum Gasteiger partial charge on any atom is 0.312 e. The van der Waals surface area contributed by atoms with Gasteiger partial charge in [0.15, 0.2) is 0 Å². The minimum absolute atomic E-state index is 0.104. The van der Waals surface area contributed by atoms with Gasteiger partial charge in [0.25, 0.3) is 0 Å². The molecular weight excluding hydrogens is 198 g/mol. The first-order chi connectivity index (χ1) is 6.98. The van der Waals surface area contributed by atoms with Crippen LogP contribution in [0.25, 0.3) is 0 Å². The van der Waals surface area contributed by atoms with Crippen molar-refractivity contribution in [2.45, 2.75) is 31.8 Å². The molecular formula is C10H15NO4. The maximum atomic E-state index is 11.1. The van der Waals surface area contributed by atoms with E-state index in [4.69, 9.17) is 9.84 Å². The predicted octanol–water partition coefficient (Wildman–Crippen LogP) is 0.146. The summed E-state index contributed by atoms with van der Waals surface area (Å²) in [5.74, 6) is -0.877. The molecule has 0 radical (unpaired) electrons. The van der Waals surface area contributed by atoms with Gasteiger partial charge >= 0.3 is 5.97 Å². The molecule has 2 aliphatic rings. The van der Waals surface area contributed by atoms with Crippen LogP contribution in [0.2, 0.25) is 0 Å². The third-order valence-corrected chi connectivity index (χ3v) is 3.49. The van der Waals surface area contributed by atoms with Crippen LogP contribution in [0.15, 0.2) is 0 Å². The van der Waals surface area contributed by atoms with E-state index in [0.29, 0.717) is 19.4 Å². The number of fused-ring (bicyclic) bond motifs is 2. The summed E-state index contributed by atoms with van der Waals surface area (Å²) in [6, 6.07) is 0. The van der Waals surface area contributed by atoms with Crippen LogP contribution in [-0.4, -0.2) is 35.7 Å². The first-order valence-corrected chi connectivity index (χ1v) is 5.10. The number of ether oxygens (including phenoxy) is 1. The fourth-order valence-corrected chi connectivity index (χ4v) is 2.53. The van der Waals surface area contributed by atoms with Crippen LogP contribution in [0, 0.1) is 5.41 Å². The molecule has 84 valence electrons. The van der Waals surface area contributed by atoms with Gasteiger partial charge in [0.1, 0.15) is 0 Å². The zero-order valence-corrected chi connectivity index (χ0v) is 8.71. The average molecular weight is 213 g/mol. The molecule has 2 atom stereocenters. The van der Waals surface area contributed by atoms with E-state index in [1.807, 2.05) is 0 Å². The van der Waals surface area contributed by atoms with Crippen LogP contribution in [0.3, 0.4) is 0 Å². The number of aliphatic carboxylic acids is 1. The van der Waals surface area contributed by atoms with E-state index in [2.05, 4.69) is 5.32 Å². The molecule has 2 bridgehead atoms. The molecule has 5 nitrogen and oxygen atoms in total. The van der Waals surface area contributed by atoms with Gasteiger partial charge in [-0.1, -0.05) is 0 Å². The SMILES string of the molecule is CC(=O)NCC12CCC(C(=O)O)(CO1)C2.